The Morgan fingerprint density at radius 2 is 2.00 bits per heavy atom. The van der Waals surface area contributed by atoms with Crippen LogP contribution in [-0.4, -0.2) is 36.1 Å². The van der Waals surface area contributed by atoms with Gasteiger partial charge in [0.15, 0.2) is 0 Å². The minimum atomic E-state index is -0.437. The van der Waals surface area contributed by atoms with Gasteiger partial charge < -0.3 is 15.4 Å². The minimum Gasteiger partial charge on any atom is -0.398 e. The Labute approximate surface area is 106 Å². The molecule has 0 aromatic heterocycles. The van der Waals surface area contributed by atoms with Crippen molar-refractivity contribution in [2.75, 3.05) is 18.8 Å². The Morgan fingerprint density at radius 3 is 2.56 bits per heavy atom. The fourth-order valence-electron chi connectivity index (χ4n) is 2.24. The van der Waals surface area contributed by atoms with Crippen molar-refractivity contribution >= 4 is 11.6 Å². The average Bonchev–Trinajstić information content (AvgIpc) is 2.26. The molecule has 0 aliphatic carbocycles. The lowest BCUT2D eigenvalue weighted by Crippen LogP contribution is -2.48. The highest BCUT2D eigenvalue weighted by molar-refractivity contribution is 5.99. The molecule has 1 aromatic carbocycles. The molecule has 2 N–H and O–H groups in total. The zero-order valence-electron chi connectivity index (χ0n) is 10.5. The number of amides is 1. The van der Waals surface area contributed by atoms with Crippen LogP contribution in [0.5, 0.6) is 0 Å². The topological polar surface area (TPSA) is 55.6 Å². The Hall–Kier alpha value is -1.62. The van der Waals surface area contributed by atoms with Crippen LogP contribution < -0.4 is 5.73 Å². The monoisotopic (exact) mass is 252 g/mol. The lowest BCUT2D eigenvalue weighted by Gasteiger charge is -2.35. The van der Waals surface area contributed by atoms with Crippen molar-refractivity contribution in [2.45, 2.75) is 26.1 Å². The summed E-state index contributed by atoms with van der Waals surface area (Å²) in [7, 11) is 0. The maximum Gasteiger partial charge on any atom is 0.256 e. The summed E-state index contributed by atoms with van der Waals surface area (Å²) in [5.41, 5.74) is 6.20. The van der Waals surface area contributed by atoms with Gasteiger partial charge in [-0.25, -0.2) is 4.39 Å². The van der Waals surface area contributed by atoms with Crippen molar-refractivity contribution in [3.05, 3.63) is 29.6 Å². The highest BCUT2D eigenvalue weighted by atomic mass is 19.1. The van der Waals surface area contributed by atoms with E-state index >= 15 is 0 Å². The second-order valence-corrected chi connectivity index (χ2v) is 4.70. The van der Waals surface area contributed by atoms with E-state index in [2.05, 4.69) is 0 Å². The average molecular weight is 252 g/mol. The van der Waals surface area contributed by atoms with E-state index in [4.69, 9.17) is 10.5 Å². The van der Waals surface area contributed by atoms with Gasteiger partial charge in [-0.1, -0.05) is 0 Å². The van der Waals surface area contributed by atoms with E-state index in [0.29, 0.717) is 18.7 Å². The molecule has 5 heteroatoms. The molecule has 0 bridgehead atoms. The Kier molecular flexibility index (Phi) is 3.52. The van der Waals surface area contributed by atoms with Crippen molar-refractivity contribution in [1.29, 1.82) is 0 Å². The number of carbonyl (C=O) groups is 1. The van der Waals surface area contributed by atoms with E-state index in [1.54, 1.807) is 4.90 Å². The van der Waals surface area contributed by atoms with Crippen LogP contribution in [0.3, 0.4) is 0 Å². The van der Waals surface area contributed by atoms with Crippen LogP contribution in [0.25, 0.3) is 0 Å². The van der Waals surface area contributed by atoms with Gasteiger partial charge in [0, 0.05) is 18.8 Å². The predicted molar refractivity (Wildman–Crippen MR) is 66.7 cm³/mol. The van der Waals surface area contributed by atoms with Gasteiger partial charge in [0.1, 0.15) is 5.82 Å². The predicted octanol–water partition coefficient (Wildman–Crippen LogP) is 1.66. The van der Waals surface area contributed by atoms with E-state index in [0.717, 1.165) is 0 Å². The lowest BCUT2D eigenvalue weighted by atomic mass is 10.1. The molecule has 1 saturated heterocycles. The summed E-state index contributed by atoms with van der Waals surface area (Å²) in [6.07, 6.45) is -0.00116. The summed E-state index contributed by atoms with van der Waals surface area (Å²) in [5, 5.41) is 0. The van der Waals surface area contributed by atoms with E-state index in [-0.39, 0.29) is 23.8 Å². The molecule has 1 amide bonds. The van der Waals surface area contributed by atoms with E-state index in [1.165, 1.54) is 18.2 Å². The number of anilines is 1. The van der Waals surface area contributed by atoms with E-state index in [9.17, 15) is 9.18 Å². The van der Waals surface area contributed by atoms with E-state index in [1.807, 2.05) is 13.8 Å². The third kappa shape index (κ3) is 2.61. The molecule has 0 spiro atoms. The quantitative estimate of drug-likeness (QED) is 0.773. The number of carbonyl (C=O) groups excluding carboxylic acids is 1. The number of halogens is 1. The number of ether oxygens (including phenoxy) is 1. The zero-order chi connectivity index (χ0) is 13.3. The second kappa shape index (κ2) is 4.94. The smallest absolute Gasteiger partial charge is 0.256 e. The largest absolute Gasteiger partial charge is 0.398 e. The molecule has 1 fully saturated rings. The standard InChI is InChI=1S/C13H17FN2O2/c1-8-6-16(7-9(2)18-8)13(17)11-4-3-10(14)5-12(11)15/h3-5,8-9H,6-7,15H2,1-2H3. The number of hydrogen-bond donors (Lipinski definition) is 1. The first-order valence-electron chi connectivity index (χ1n) is 5.97. The Bertz CT molecular complexity index is 454. The molecule has 1 aromatic rings. The molecule has 98 valence electrons. The van der Waals surface area contributed by atoms with Crippen LogP contribution in [0.15, 0.2) is 18.2 Å². The van der Waals surface area contributed by atoms with Crippen molar-refractivity contribution < 1.29 is 13.9 Å². The lowest BCUT2D eigenvalue weighted by molar-refractivity contribution is -0.0585. The van der Waals surface area contributed by atoms with Gasteiger partial charge in [-0.15, -0.1) is 0 Å². The summed E-state index contributed by atoms with van der Waals surface area (Å²) in [4.78, 5) is 14.0. The first-order valence-corrected chi connectivity index (χ1v) is 5.97. The summed E-state index contributed by atoms with van der Waals surface area (Å²) < 4.78 is 18.5. The van der Waals surface area contributed by atoms with Crippen molar-refractivity contribution in [3.8, 4) is 0 Å². The molecule has 4 nitrogen and oxygen atoms in total. The van der Waals surface area contributed by atoms with Gasteiger partial charge in [0.25, 0.3) is 5.91 Å². The molecule has 1 heterocycles. The van der Waals surface area contributed by atoms with E-state index < -0.39 is 5.82 Å². The van der Waals surface area contributed by atoms with Crippen LogP contribution in [0.2, 0.25) is 0 Å². The summed E-state index contributed by atoms with van der Waals surface area (Å²) in [6.45, 7) is 4.90. The maximum absolute atomic E-state index is 13.0. The van der Waals surface area contributed by atoms with Gasteiger partial charge in [0.05, 0.1) is 17.8 Å². The van der Waals surface area contributed by atoms with Gasteiger partial charge in [-0.3, -0.25) is 4.79 Å². The first kappa shape index (κ1) is 12.8. The molecule has 2 unspecified atom stereocenters. The van der Waals surface area contributed by atoms with Crippen LogP contribution in [0.4, 0.5) is 10.1 Å². The number of nitrogens with zero attached hydrogens (tertiary/aromatic N) is 1. The third-order valence-electron chi connectivity index (χ3n) is 2.95. The molecule has 0 saturated carbocycles. The van der Waals surface area contributed by atoms with Gasteiger partial charge >= 0.3 is 0 Å². The van der Waals surface area contributed by atoms with Crippen LogP contribution >= 0.6 is 0 Å². The Morgan fingerprint density at radius 1 is 1.39 bits per heavy atom. The molecular weight excluding hydrogens is 235 g/mol. The highest BCUT2D eigenvalue weighted by Crippen LogP contribution is 2.19. The number of nitrogen functional groups attached to an aromatic ring is 1. The fraction of sp³-hybridized carbons (Fsp3) is 0.462. The number of rotatable bonds is 1. The first-order chi connectivity index (χ1) is 8.47. The normalized spacial score (nSPS) is 24.1. The minimum absolute atomic E-state index is 0.000581. The van der Waals surface area contributed by atoms with Crippen molar-refractivity contribution in [1.82, 2.24) is 4.90 Å². The number of nitrogens with two attached hydrogens (primary N) is 1. The molecule has 2 atom stereocenters. The van der Waals surface area contributed by atoms with Crippen molar-refractivity contribution in [2.24, 2.45) is 0 Å². The van der Waals surface area contributed by atoms with Gasteiger partial charge in [-0.2, -0.15) is 0 Å². The highest BCUT2D eigenvalue weighted by Gasteiger charge is 2.27. The summed E-state index contributed by atoms with van der Waals surface area (Å²) in [5.74, 6) is -0.609. The number of benzene rings is 1. The molecule has 1 aliphatic rings. The summed E-state index contributed by atoms with van der Waals surface area (Å²) >= 11 is 0. The Balaban J connectivity index is 2.20. The maximum atomic E-state index is 13.0. The number of morpholine rings is 1. The third-order valence-corrected chi connectivity index (χ3v) is 2.95. The summed E-state index contributed by atoms with van der Waals surface area (Å²) in [6, 6.07) is 3.84. The molecule has 2 rings (SSSR count). The zero-order valence-corrected chi connectivity index (χ0v) is 10.5. The van der Waals surface area contributed by atoms with Gasteiger partial charge in [-0.05, 0) is 32.0 Å². The van der Waals surface area contributed by atoms with Crippen LogP contribution in [-0.2, 0) is 4.74 Å². The van der Waals surface area contributed by atoms with Crippen LogP contribution in [0, 0.1) is 5.82 Å². The van der Waals surface area contributed by atoms with Crippen LogP contribution in [0.1, 0.15) is 24.2 Å². The molecule has 1 aliphatic heterocycles. The molecular formula is C13H17FN2O2. The van der Waals surface area contributed by atoms with Crippen molar-refractivity contribution in [3.63, 3.8) is 0 Å². The SMILES string of the molecule is CC1CN(C(=O)c2ccc(F)cc2N)CC(C)O1. The number of hydrogen-bond acceptors (Lipinski definition) is 3. The fourth-order valence-corrected chi connectivity index (χ4v) is 2.24. The second-order valence-electron chi connectivity index (χ2n) is 4.70. The molecule has 0 radical (unpaired) electrons. The molecule has 18 heavy (non-hydrogen) atoms. The van der Waals surface area contributed by atoms with Gasteiger partial charge in [0.2, 0.25) is 0 Å².